The molecule has 2 aromatic rings. The molecule has 1 aliphatic rings. The van der Waals surface area contributed by atoms with Crippen molar-refractivity contribution in [2.75, 3.05) is 19.5 Å². The number of aromatic nitrogens is 4. The first-order chi connectivity index (χ1) is 10.1. The molecule has 1 aliphatic heterocycles. The third-order valence-electron chi connectivity index (χ3n) is 3.70. The number of aryl methyl sites for hydroxylation is 1. The Morgan fingerprint density at radius 1 is 1.48 bits per heavy atom. The van der Waals surface area contributed by atoms with Gasteiger partial charge in [0.15, 0.2) is 23.2 Å². The van der Waals surface area contributed by atoms with E-state index in [-0.39, 0.29) is 12.4 Å². The topological polar surface area (TPSA) is 129 Å². The maximum Gasteiger partial charge on any atom is 0.167 e. The molecule has 0 aromatic carbocycles. The molecule has 9 nitrogen and oxygen atoms in total. The Morgan fingerprint density at radius 3 is 2.90 bits per heavy atom. The number of ether oxygens (including phenoxy) is 2. The molecule has 9 heteroatoms. The monoisotopic (exact) mass is 295 g/mol. The largest absolute Gasteiger partial charge is 0.394 e. The summed E-state index contributed by atoms with van der Waals surface area (Å²) in [6, 6.07) is 0. The summed E-state index contributed by atoms with van der Waals surface area (Å²) in [4.78, 5) is 12.4. The zero-order valence-electron chi connectivity index (χ0n) is 11.7. The van der Waals surface area contributed by atoms with Crippen LogP contribution in [-0.4, -0.2) is 61.8 Å². The van der Waals surface area contributed by atoms with Crippen molar-refractivity contribution in [3.63, 3.8) is 0 Å². The van der Waals surface area contributed by atoms with Crippen LogP contribution in [0.1, 0.15) is 12.1 Å². The molecule has 0 amide bonds. The Kier molecular flexibility index (Phi) is 3.49. The zero-order chi connectivity index (χ0) is 15.1. The fraction of sp³-hybridized carbons (Fsp3) is 0.583. The van der Waals surface area contributed by atoms with Crippen LogP contribution in [0, 0.1) is 6.92 Å². The van der Waals surface area contributed by atoms with Gasteiger partial charge in [-0.15, -0.1) is 0 Å². The van der Waals surface area contributed by atoms with Gasteiger partial charge in [-0.2, -0.15) is 0 Å². The van der Waals surface area contributed by atoms with Crippen LogP contribution in [-0.2, 0) is 9.47 Å². The third kappa shape index (κ3) is 2.05. The number of aliphatic hydroxyl groups is 2. The highest BCUT2D eigenvalue weighted by Crippen LogP contribution is 2.34. The van der Waals surface area contributed by atoms with Crippen LogP contribution in [0.3, 0.4) is 0 Å². The van der Waals surface area contributed by atoms with Crippen LogP contribution in [0.25, 0.3) is 11.2 Å². The summed E-state index contributed by atoms with van der Waals surface area (Å²) in [5, 5.41) is 19.4. The first kappa shape index (κ1) is 14.1. The van der Waals surface area contributed by atoms with Crippen LogP contribution >= 0.6 is 0 Å². The van der Waals surface area contributed by atoms with Gasteiger partial charge in [0.1, 0.15) is 30.5 Å². The van der Waals surface area contributed by atoms with Crippen molar-refractivity contribution in [3.05, 3.63) is 12.2 Å². The predicted octanol–water partition coefficient (Wildman–Crippen LogP) is -1.02. The SMILES string of the molecule is COC1C(O)[C@@H](CO)O[C@H]1n1c(C)nc2c(N)ncnc21. The second-order valence-electron chi connectivity index (χ2n) is 4.90. The highest BCUT2D eigenvalue weighted by molar-refractivity contribution is 5.81. The second-order valence-corrected chi connectivity index (χ2v) is 4.90. The van der Waals surface area contributed by atoms with Crippen LogP contribution in [0.5, 0.6) is 0 Å². The van der Waals surface area contributed by atoms with Crippen molar-refractivity contribution < 1.29 is 19.7 Å². The molecule has 0 bridgehead atoms. The summed E-state index contributed by atoms with van der Waals surface area (Å²) in [6.45, 7) is 1.47. The minimum Gasteiger partial charge on any atom is -0.394 e. The Hall–Kier alpha value is -1.81. The summed E-state index contributed by atoms with van der Waals surface area (Å²) in [7, 11) is 1.47. The third-order valence-corrected chi connectivity index (χ3v) is 3.70. The number of hydrogen-bond acceptors (Lipinski definition) is 8. The fourth-order valence-corrected chi connectivity index (χ4v) is 2.67. The molecule has 21 heavy (non-hydrogen) atoms. The maximum atomic E-state index is 10.1. The maximum absolute atomic E-state index is 10.1. The minimum absolute atomic E-state index is 0.271. The van der Waals surface area contributed by atoms with Crippen LogP contribution in [0.2, 0.25) is 0 Å². The number of nitrogen functional groups attached to an aromatic ring is 1. The van der Waals surface area contributed by atoms with Gasteiger partial charge in [0.25, 0.3) is 0 Å². The van der Waals surface area contributed by atoms with Gasteiger partial charge in [-0.25, -0.2) is 15.0 Å². The quantitative estimate of drug-likeness (QED) is 0.656. The number of anilines is 1. The van der Waals surface area contributed by atoms with E-state index in [0.29, 0.717) is 17.0 Å². The first-order valence-electron chi connectivity index (χ1n) is 6.50. The summed E-state index contributed by atoms with van der Waals surface area (Å²) >= 11 is 0. The molecule has 1 saturated heterocycles. The Bertz CT molecular complexity index is 660. The second kappa shape index (κ2) is 5.19. The van der Waals surface area contributed by atoms with E-state index in [0.717, 1.165) is 0 Å². The number of nitrogens with two attached hydrogens (primary N) is 1. The highest BCUT2D eigenvalue weighted by atomic mass is 16.6. The van der Waals surface area contributed by atoms with E-state index in [4.69, 9.17) is 15.2 Å². The molecular weight excluding hydrogens is 278 g/mol. The summed E-state index contributed by atoms with van der Waals surface area (Å²) in [6.07, 6.45) is -1.63. The van der Waals surface area contributed by atoms with Crippen molar-refractivity contribution in [1.29, 1.82) is 0 Å². The molecule has 0 aliphatic carbocycles. The Labute approximate surface area is 120 Å². The van der Waals surface area contributed by atoms with E-state index in [2.05, 4.69) is 15.0 Å². The zero-order valence-corrected chi connectivity index (χ0v) is 11.7. The van der Waals surface area contributed by atoms with Crippen molar-refractivity contribution in [3.8, 4) is 0 Å². The van der Waals surface area contributed by atoms with Crippen molar-refractivity contribution in [2.45, 2.75) is 31.5 Å². The fourth-order valence-electron chi connectivity index (χ4n) is 2.67. The van der Waals surface area contributed by atoms with Gasteiger partial charge in [0, 0.05) is 7.11 Å². The molecule has 0 saturated carbocycles. The molecular formula is C12H17N5O4. The molecule has 4 N–H and O–H groups in total. The van der Waals surface area contributed by atoms with E-state index in [1.54, 1.807) is 11.5 Å². The number of hydrogen-bond donors (Lipinski definition) is 3. The van der Waals surface area contributed by atoms with Crippen molar-refractivity contribution in [1.82, 2.24) is 19.5 Å². The van der Waals surface area contributed by atoms with Gasteiger partial charge < -0.3 is 25.4 Å². The summed E-state index contributed by atoms with van der Waals surface area (Å²) in [5.74, 6) is 0.878. The number of aliphatic hydroxyl groups excluding tert-OH is 2. The van der Waals surface area contributed by atoms with E-state index in [1.807, 2.05) is 0 Å². The van der Waals surface area contributed by atoms with Crippen LogP contribution in [0.4, 0.5) is 5.82 Å². The molecule has 0 spiro atoms. The Morgan fingerprint density at radius 2 is 2.24 bits per heavy atom. The number of methoxy groups -OCH3 is 1. The molecule has 4 atom stereocenters. The smallest absolute Gasteiger partial charge is 0.167 e. The summed E-state index contributed by atoms with van der Waals surface area (Å²) < 4.78 is 12.7. The van der Waals surface area contributed by atoms with E-state index in [1.165, 1.54) is 13.4 Å². The number of fused-ring (bicyclic) bond motifs is 1. The van der Waals surface area contributed by atoms with E-state index in [9.17, 15) is 10.2 Å². The predicted molar refractivity (Wildman–Crippen MR) is 72.3 cm³/mol. The lowest BCUT2D eigenvalue weighted by molar-refractivity contribution is -0.0592. The van der Waals surface area contributed by atoms with Crippen molar-refractivity contribution in [2.24, 2.45) is 0 Å². The number of imidazole rings is 1. The normalized spacial score (nSPS) is 29.3. The Balaban J connectivity index is 2.12. The van der Waals surface area contributed by atoms with Crippen molar-refractivity contribution >= 4 is 17.0 Å². The molecule has 1 fully saturated rings. The van der Waals surface area contributed by atoms with E-state index >= 15 is 0 Å². The lowest BCUT2D eigenvalue weighted by atomic mass is 10.1. The summed E-state index contributed by atoms with van der Waals surface area (Å²) in [5.41, 5.74) is 6.76. The van der Waals surface area contributed by atoms with Gasteiger partial charge in [-0.1, -0.05) is 0 Å². The van der Waals surface area contributed by atoms with Gasteiger partial charge in [-0.3, -0.25) is 4.57 Å². The average molecular weight is 295 g/mol. The first-order valence-corrected chi connectivity index (χ1v) is 6.50. The standard InChI is InChI=1S/C12H17N5O4/c1-5-16-7-10(13)14-4-15-11(7)17(5)12-9(20-2)8(19)6(3-18)21-12/h4,6,8-9,12,18-19H,3H2,1-2H3,(H2,13,14,15)/t6-,8?,9?,12-/m1/s1. The molecule has 2 unspecified atom stereocenters. The minimum atomic E-state index is -0.943. The molecule has 2 aromatic heterocycles. The molecule has 0 radical (unpaired) electrons. The van der Waals surface area contributed by atoms with Gasteiger partial charge in [0.2, 0.25) is 0 Å². The van der Waals surface area contributed by atoms with Crippen LogP contribution in [0.15, 0.2) is 6.33 Å². The van der Waals surface area contributed by atoms with Gasteiger partial charge in [0.05, 0.1) is 6.61 Å². The van der Waals surface area contributed by atoms with Gasteiger partial charge in [-0.05, 0) is 6.92 Å². The number of nitrogens with zero attached hydrogens (tertiary/aromatic N) is 4. The highest BCUT2D eigenvalue weighted by Gasteiger charge is 2.45. The molecule has 114 valence electrons. The van der Waals surface area contributed by atoms with E-state index < -0.39 is 24.5 Å². The van der Waals surface area contributed by atoms with Crippen LogP contribution < -0.4 is 5.73 Å². The lowest BCUT2D eigenvalue weighted by Crippen LogP contribution is -2.34. The van der Waals surface area contributed by atoms with Gasteiger partial charge >= 0.3 is 0 Å². The average Bonchev–Trinajstić information content (AvgIpc) is 2.96. The molecule has 3 rings (SSSR count). The number of rotatable bonds is 3. The lowest BCUT2D eigenvalue weighted by Gasteiger charge is -2.21. The molecule has 3 heterocycles.